The molecule has 2 N–H and O–H groups in total. The molecule has 3 aromatic rings. The molecule has 0 fully saturated rings. The summed E-state index contributed by atoms with van der Waals surface area (Å²) in [6.45, 7) is 6.52. The third kappa shape index (κ3) is 4.74. The maximum Gasteiger partial charge on any atom is 0.306 e. The van der Waals surface area contributed by atoms with Crippen LogP contribution in [0.4, 0.5) is 11.4 Å². The number of fused-ring (bicyclic) bond motifs is 2. The molecule has 1 aliphatic rings. The molecule has 0 saturated heterocycles. The number of hydrogen-bond acceptors (Lipinski definition) is 4. The van der Waals surface area contributed by atoms with Gasteiger partial charge in [0.2, 0.25) is 0 Å². The zero-order valence-corrected chi connectivity index (χ0v) is 20.5. The van der Waals surface area contributed by atoms with Crippen molar-refractivity contribution in [1.82, 2.24) is 0 Å². The number of nitrogens with one attached hydrogen (secondary N) is 1. The Hall–Kier alpha value is -3.09. The number of carboxylic acid groups (broad SMARTS) is 1. The second-order valence-corrected chi connectivity index (χ2v) is 10.2. The van der Waals surface area contributed by atoms with E-state index in [1.807, 2.05) is 76.3 Å². The van der Waals surface area contributed by atoms with Crippen LogP contribution in [-0.2, 0) is 14.3 Å². The summed E-state index contributed by atoms with van der Waals surface area (Å²) in [6, 6.07) is 17.3. The molecular formula is C27H29ClN2O4. The minimum atomic E-state index is -1.14. The molecular weight excluding hydrogens is 452 g/mol. The fourth-order valence-corrected chi connectivity index (χ4v) is 4.69. The van der Waals surface area contributed by atoms with Crippen LogP contribution in [0.25, 0.3) is 10.8 Å². The zero-order valence-electron chi connectivity index (χ0n) is 19.8. The smallest absolute Gasteiger partial charge is 0.306 e. The van der Waals surface area contributed by atoms with Crippen LogP contribution in [0.5, 0.6) is 0 Å². The van der Waals surface area contributed by atoms with Gasteiger partial charge in [0, 0.05) is 40.9 Å². The molecule has 4 rings (SSSR count). The lowest BCUT2D eigenvalue weighted by Gasteiger charge is -2.31. The van der Waals surface area contributed by atoms with Crippen LogP contribution < -0.4 is 10.2 Å². The molecule has 178 valence electrons. The zero-order chi connectivity index (χ0) is 24.6. The third-order valence-corrected chi connectivity index (χ3v) is 6.14. The van der Waals surface area contributed by atoms with Gasteiger partial charge in [-0.2, -0.15) is 0 Å². The fourth-order valence-electron chi connectivity index (χ4n) is 4.51. The van der Waals surface area contributed by atoms with Crippen molar-refractivity contribution in [2.24, 2.45) is 5.41 Å². The first-order valence-electron chi connectivity index (χ1n) is 11.3. The van der Waals surface area contributed by atoms with Crippen LogP contribution >= 0.6 is 11.6 Å². The van der Waals surface area contributed by atoms with E-state index in [9.17, 15) is 14.7 Å². The van der Waals surface area contributed by atoms with E-state index >= 15 is 0 Å². The number of carboxylic acids is 1. The summed E-state index contributed by atoms with van der Waals surface area (Å²) in [6.07, 6.45) is -2.24. The number of hydrogen-bond donors (Lipinski definition) is 2. The molecule has 0 unspecified atom stereocenters. The summed E-state index contributed by atoms with van der Waals surface area (Å²) in [5, 5.41) is 15.3. The Morgan fingerprint density at radius 1 is 1.09 bits per heavy atom. The number of aliphatic carboxylic acids is 1. The molecule has 6 nitrogen and oxygen atoms in total. The fraction of sp³-hybridized carbons (Fsp3) is 0.333. The number of carbonyl (C=O) groups is 2. The average Bonchev–Trinajstić information content (AvgIpc) is 2.87. The molecule has 0 aromatic heterocycles. The van der Waals surface area contributed by atoms with Crippen LogP contribution in [0.3, 0.4) is 0 Å². The van der Waals surface area contributed by atoms with Crippen LogP contribution in [0, 0.1) is 5.41 Å². The van der Waals surface area contributed by atoms with Crippen molar-refractivity contribution in [2.75, 3.05) is 23.8 Å². The summed E-state index contributed by atoms with van der Waals surface area (Å²) in [5.74, 6) is -1.45. The molecule has 34 heavy (non-hydrogen) atoms. The minimum Gasteiger partial charge on any atom is -0.481 e. The summed E-state index contributed by atoms with van der Waals surface area (Å²) in [4.78, 5) is 27.0. The highest BCUT2D eigenvalue weighted by Crippen LogP contribution is 2.43. The predicted molar refractivity (Wildman–Crippen MR) is 136 cm³/mol. The molecule has 1 aliphatic heterocycles. The SMILES string of the molecule is CNc1ccc([C@H]2O[C@H](CC(=O)O)C(=O)N(CC(C)(C)C)c3ccc(Cl)cc32)c2ccccc12. The molecule has 1 heterocycles. The second-order valence-electron chi connectivity index (χ2n) is 9.79. The van der Waals surface area contributed by atoms with Gasteiger partial charge in [-0.15, -0.1) is 0 Å². The van der Waals surface area contributed by atoms with Gasteiger partial charge in [-0.25, -0.2) is 0 Å². The summed E-state index contributed by atoms with van der Waals surface area (Å²) in [7, 11) is 1.87. The predicted octanol–water partition coefficient (Wildman–Crippen LogP) is 5.88. The van der Waals surface area contributed by atoms with E-state index in [1.165, 1.54) is 0 Å². The molecule has 0 saturated carbocycles. The summed E-state index contributed by atoms with van der Waals surface area (Å²) >= 11 is 6.42. The van der Waals surface area contributed by atoms with Crippen molar-refractivity contribution in [3.63, 3.8) is 0 Å². The average molecular weight is 481 g/mol. The van der Waals surface area contributed by atoms with E-state index in [4.69, 9.17) is 16.3 Å². The van der Waals surface area contributed by atoms with Gasteiger partial charge in [0.25, 0.3) is 5.91 Å². The van der Waals surface area contributed by atoms with Gasteiger partial charge < -0.3 is 20.1 Å². The van der Waals surface area contributed by atoms with E-state index in [0.29, 0.717) is 17.3 Å². The Bertz CT molecular complexity index is 1250. The Morgan fingerprint density at radius 3 is 2.44 bits per heavy atom. The van der Waals surface area contributed by atoms with E-state index in [1.54, 1.807) is 11.0 Å². The first-order chi connectivity index (χ1) is 16.1. The van der Waals surface area contributed by atoms with Crippen molar-refractivity contribution in [3.05, 3.63) is 70.7 Å². The number of benzene rings is 3. The van der Waals surface area contributed by atoms with Crippen molar-refractivity contribution in [2.45, 2.75) is 39.4 Å². The number of anilines is 2. The topological polar surface area (TPSA) is 78.9 Å². The van der Waals surface area contributed by atoms with E-state index in [2.05, 4.69) is 5.32 Å². The summed E-state index contributed by atoms with van der Waals surface area (Å²) < 4.78 is 6.38. The molecule has 0 spiro atoms. The Labute approximate surface area is 204 Å². The van der Waals surface area contributed by atoms with Gasteiger partial charge in [-0.3, -0.25) is 9.59 Å². The number of nitrogens with zero attached hydrogens (tertiary/aromatic N) is 1. The maximum atomic E-state index is 13.6. The van der Waals surface area contributed by atoms with Crippen LogP contribution in [0.1, 0.15) is 44.4 Å². The molecule has 3 aromatic carbocycles. The van der Waals surface area contributed by atoms with E-state index in [0.717, 1.165) is 27.6 Å². The standard InChI is InChI=1S/C27H29ClN2O4/c1-27(2,3)15-30-22-12-9-16(28)13-20(22)25(34-23(26(30)33)14-24(31)32)19-10-11-21(29-4)18-8-6-5-7-17(18)19/h5-13,23,25,29H,14-15H2,1-4H3,(H,31,32)/t23-,25-/m1/s1. The largest absolute Gasteiger partial charge is 0.481 e. The number of ether oxygens (including phenoxy) is 1. The van der Waals surface area contributed by atoms with Crippen LogP contribution in [0.2, 0.25) is 5.02 Å². The van der Waals surface area contributed by atoms with Crippen LogP contribution in [-0.4, -0.2) is 36.7 Å². The molecule has 0 aliphatic carbocycles. The number of amides is 1. The highest BCUT2D eigenvalue weighted by Gasteiger charge is 2.39. The first-order valence-corrected chi connectivity index (χ1v) is 11.6. The Morgan fingerprint density at radius 2 is 1.79 bits per heavy atom. The highest BCUT2D eigenvalue weighted by molar-refractivity contribution is 6.30. The Kier molecular flexibility index (Phi) is 6.56. The first kappa shape index (κ1) is 24.0. The van der Waals surface area contributed by atoms with Crippen molar-refractivity contribution >= 4 is 45.6 Å². The lowest BCUT2D eigenvalue weighted by molar-refractivity contribution is -0.147. The quantitative estimate of drug-likeness (QED) is 0.477. The lowest BCUT2D eigenvalue weighted by atomic mass is 9.92. The van der Waals surface area contributed by atoms with Gasteiger partial charge in [0.05, 0.1) is 6.42 Å². The Balaban J connectivity index is 1.97. The van der Waals surface area contributed by atoms with E-state index < -0.39 is 24.6 Å². The normalized spacial score (nSPS) is 18.5. The van der Waals surface area contributed by atoms with Crippen molar-refractivity contribution < 1.29 is 19.4 Å². The highest BCUT2D eigenvalue weighted by atomic mass is 35.5. The van der Waals surface area contributed by atoms with Gasteiger partial charge in [-0.1, -0.05) is 62.7 Å². The van der Waals surface area contributed by atoms with Crippen LogP contribution in [0.15, 0.2) is 54.6 Å². The third-order valence-electron chi connectivity index (χ3n) is 5.91. The molecule has 2 atom stereocenters. The molecule has 0 radical (unpaired) electrons. The molecule has 7 heteroatoms. The van der Waals surface area contributed by atoms with Crippen molar-refractivity contribution in [3.8, 4) is 0 Å². The maximum absolute atomic E-state index is 13.6. The van der Waals surface area contributed by atoms with Gasteiger partial charge in [-0.05, 0) is 40.6 Å². The monoisotopic (exact) mass is 480 g/mol. The molecule has 0 bridgehead atoms. The molecule has 1 amide bonds. The number of carbonyl (C=O) groups excluding carboxylic acids is 1. The van der Waals surface area contributed by atoms with Gasteiger partial charge in [0.1, 0.15) is 12.2 Å². The van der Waals surface area contributed by atoms with Crippen molar-refractivity contribution in [1.29, 1.82) is 0 Å². The second kappa shape index (κ2) is 9.28. The summed E-state index contributed by atoms with van der Waals surface area (Å²) in [5.41, 5.74) is 3.01. The van der Waals surface area contributed by atoms with Gasteiger partial charge >= 0.3 is 5.97 Å². The van der Waals surface area contributed by atoms with E-state index in [-0.39, 0.29) is 11.3 Å². The lowest BCUT2D eigenvalue weighted by Crippen LogP contribution is -2.44. The minimum absolute atomic E-state index is 0.221. The number of halogens is 1. The number of rotatable bonds is 5. The van der Waals surface area contributed by atoms with Gasteiger partial charge in [0.15, 0.2) is 0 Å².